The van der Waals surface area contributed by atoms with E-state index in [4.69, 9.17) is 0 Å². The molecule has 3 rings (SSSR count). The van der Waals surface area contributed by atoms with Gasteiger partial charge < -0.3 is 4.90 Å². The molecule has 1 fully saturated rings. The van der Waals surface area contributed by atoms with Crippen molar-refractivity contribution in [2.75, 3.05) is 32.4 Å². The number of aromatic nitrogens is 2. The van der Waals surface area contributed by atoms with E-state index in [0.29, 0.717) is 31.7 Å². The van der Waals surface area contributed by atoms with Crippen LogP contribution in [0, 0.1) is 5.92 Å². The minimum absolute atomic E-state index is 0.0326. The predicted molar refractivity (Wildman–Crippen MR) is 98.0 cm³/mol. The van der Waals surface area contributed by atoms with Gasteiger partial charge in [-0.15, -0.1) is 0 Å². The summed E-state index contributed by atoms with van der Waals surface area (Å²) in [5.74, 6) is -0.207. The monoisotopic (exact) mass is 374 g/mol. The number of carbonyl (C=O) groups excluding carboxylic acids is 1. The Balaban J connectivity index is 1.82. The van der Waals surface area contributed by atoms with E-state index >= 15 is 0 Å². The van der Waals surface area contributed by atoms with E-state index in [0.717, 1.165) is 5.69 Å². The van der Waals surface area contributed by atoms with Crippen LogP contribution >= 0.6 is 0 Å². The molecule has 0 saturated carbocycles. The first kappa shape index (κ1) is 18.5. The van der Waals surface area contributed by atoms with Gasteiger partial charge in [0.25, 0.3) is 5.91 Å². The van der Waals surface area contributed by atoms with Gasteiger partial charge in [0.05, 0.1) is 6.26 Å². The molecule has 26 heavy (non-hydrogen) atoms. The molecule has 1 saturated heterocycles. The minimum Gasteiger partial charge on any atom is -0.336 e. The van der Waals surface area contributed by atoms with Crippen molar-refractivity contribution in [2.45, 2.75) is 6.42 Å². The summed E-state index contributed by atoms with van der Waals surface area (Å²) in [7, 11) is -3.33. The summed E-state index contributed by atoms with van der Waals surface area (Å²) in [6.07, 6.45) is 5.12. The zero-order valence-corrected chi connectivity index (χ0v) is 15.5. The number of hydrogen-bond acceptors (Lipinski definition) is 5. The zero-order valence-electron chi connectivity index (χ0n) is 14.7. The van der Waals surface area contributed by atoms with Crippen LogP contribution in [0.1, 0.15) is 16.2 Å². The zero-order chi connectivity index (χ0) is 18.6. The van der Waals surface area contributed by atoms with Gasteiger partial charge in [0.1, 0.15) is 5.69 Å². The lowest BCUT2D eigenvalue weighted by atomic mass is 10.0. The lowest BCUT2D eigenvalue weighted by Gasteiger charge is -2.23. The molecule has 1 atom stereocenters. The molecule has 0 aromatic carbocycles. The van der Waals surface area contributed by atoms with Crippen molar-refractivity contribution in [1.29, 1.82) is 0 Å². The number of carbonyl (C=O) groups is 1. The Morgan fingerprint density at radius 2 is 1.81 bits per heavy atom. The fourth-order valence-corrected chi connectivity index (χ4v) is 4.05. The van der Waals surface area contributed by atoms with Crippen molar-refractivity contribution < 1.29 is 13.2 Å². The highest BCUT2D eigenvalue weighted by molar-refractivity contribution is 7.88. The summed E-state index contributed by atoms with van der Waals surface area (Å²) in [5.41, 5.74) is 1.26. The molecule has 2 aromatic rings. The summed E-state index contributed by atoms with van der Waals surface area (Å²) in [5, 5.41) is 0. The number of rotatable bonds is 4. The SMILES string of the molecule is CS(=O)(=O)N1CCN(C(=O)c2ccccn2)C[C@@H](Cc2ccccn2)C1. The normalized spacial score (nSPS) is 19.1. The molecule has 7 nitrogen and oxygen atoms in total. The van der Waals surface area contributed by atoms with E-state index in [1.165, 1.54) is 10.6 Å². The average molecular weight is 374 g/mol. The molecule has 0 aliphatic carbocycles. The molecule has 0 spiro atoms. The van der Waals surface area contributed by atoms with E-state index < -0.39 is 10.0 Å². The standard InChI is InChI=1S/C18H22N4O3S/c1-26(24,25)22-11-10-21(18(23)17-7-3-5-9-20-17)13-15(14-22)12-16-6-2-4-8-19-16/h2-9,15H,10-14H2,1H3/t15-/m1/s1. The summed E-state index contributed by atoms with van der Waals surface area (Å²) >= 11 is 0. The van der Waals surface area contributed by atoms with Crippen molar-refractivity contribution >= 4 is 15.9 Å². The summed E-state index contributed by atoms with van der Waals surface area (Å²) in [6.45, 7) is 1.48. The van der Waals surface area contributed by atoms with Crippen LogP contribution in [0.15, 0.2) is 48.8 Å². The molecule has 1 aliphatic rings. The Hall–Kier alpha value is -2.32. The van der Waals surface area contributed by atoms with Gasteiger partial charge in [-0.2, -0.15) is 0 Å². The Morgan fingerprint density at radius 3 is 2.42 bits per heavy atom. The predicted octanol–water partition coefficient (Wildman–Crippen LogP) is 1.05. The van der Waals surface area contributed by atoms with Gasteiger partial charge in [0.15, 0.2) is 0 Å². The van der Waals surface area contributed by atoms with Crippen LogP contribution < -0.4 is 0 Å². The Labute approximate surface area is 153 Å². The van der Waals surface area contributed by atoms with E-state index in [-0.39, 0.29) is 18.4 Å². The van der Waals surface area contributed by atoms with Gasteiger partial charge in [0.2, 0.25) is 10.0 Å². The second-order valence-corrected chi connectivity index (χ2v) is 8.46. The van der Waals surface area contributed by atoms with E-state index in [1.54, 1.807) is 35.5 Å². The lowest BCUT2D eigenvalue weighted by molar-refractivity contribution is 0.0740. The maximum absolute atomic E-state index is 12.8. The molecule has 3 heterocycles. The Kier molecular flexibility index (Phi) is 5.63. The second kappa shape index (κ2) is 7.92. The highest BCUT2D eigenvalue weighted by Crippen LogP contribution is 2.18. The largest absolute Gasteiger partial charge is 0.336 e. The maximum atomic E-state index is 12.8. The summed E-state index contributed by atoms with van der Waals surface area (Å²) in [6, 6.07) is 10.9. The minimum atomic E-state index is -3.33. The summed E-state index contributed by atoms with van der Waals surface area (Å²) in [4.78, 5) is 22.9. The maximum Gasteiger partial charge on any atom is 0.272 e. The van der Waals surface area contributed by atoms with Gasteiger partial charge in [0, 0.05) is 44.3 Å². The molecule has 1 aliphatic heterocycles. The third-order valence-corrected chi connectivity index (χ3v) is 5.69. The van der Waals surface area contributed by atoms with Crippen LogP contribution in [0.5, 0.6) is 0 Å². The first-order chi connectivity index (χ1) is 12.4. The van der Waals surface area contributed by atoms with E-state index in [1.807, 2.05) is 18.2 Å². The van der Waals surface area contributed by atoms with Crippen LogP contribution in [0.3, 0.4) is 0 Å². The average Bonchev–Trinajstić information content (AvgIpc) is 2.85. The quantitative estimate of drug-likeness (QED) is 0.799. The topological polar surface area (TPSA) is 83.5 Å². The van der Waals surface area contributed by atoms with Crippen LogP contribution in [0.2, 0.25) is 0 Å². The van der Waals surface area contributed by atoms with E-state index in [9.17, 15) is 13.2 Å². The molecule has 138 valence electrons. The smallest absolute Gasteiger partial charge is 0.272 e. The molecule has 0 unspecified atom stereocenters. The highest BCUT2D eigenvalue weighted by atomic mass is 32.2. The van der Waals surface area contributed by atoms with Gasteiger partial charge >= 0.3 is 0 Å². The van der Waals surface area contributed by atoms with Crippen LogP contribution in [-0.4, -0.2) is 65.9 Å². The van der Waals surface area contributed by atoms with Crippen molar-refractivity contribution in [1.82, 2.24) is 19.2 Å². The number of nitrogens with zero attached hydrogens (tertiary/aromatic N) is 4. The number of hydrogen-bond donors (Lipinski definition) is 0. The molecule has 0 bridgehead atoms. The van der Waals surface area contributed by atoms with E-state index in [2.05, 4.69) is 9.97 Å². The summed E-state index contributed by atoms with van der Waals surface area (Å²) < 4.78 is 25.6. The molecule has 0 radical (unpaired) electrons. The van der Waals surface area contributed by atoms with Crippen molar-refractivity contribution in [3.05, 3.63) is 60.2 Å². The molecule has 2 aromatic heterocycles. The Bertz CT molecular complexity index is 843. The first-order valence-electron chi connectivity index (χ1n) is 8.49. The van der Waals surface area contributed by atoms with Crippen LogP contribution in [0.4, 0.5) is 0 Å². The van der Waals surface area contributed by atoms with Crippen LogP contribution in [0.25, 0.3) is 0 Å². The molecular weight excluding hydrogens is 352 g/mol. The van der Waals surface area contributed by atoms with Crippen molar-refractivity contribution in [2.24, 2.45) is 5.92 Å². The molecular formula is C18H22N4O3S. The van der Waals surface area contributed by atoms with Gasteiger partial charge in [-0.05, 0) is 36.6 Å². The number of pyridine rings is 2. The highest BCUT2D eigenvalue weighted by Gasteiger charge is 2.30. The van der Waals surface area contributed by atoms with Gasteiger partial charge in [-0.3, -0.25) is 14.8 Å². The fourth-order valence-electron chi connectivity index (χ4n) is 3.15. The second-order valence-electron chi connectivity index (χ2n) is 6.48. The fraction of sp³-hybridized carbons (Fsp3) is 0.389. The third kappa shape index (κ3) is 4.64. The lowest BCUT2D eigenvalue weighted by Crippen LogP contribution is -2.37. The number of sulfonamides is 1. The number of amides is 1. The van der Waals surface area contributed by atoms with Gasteiger partial charge in [-0.1, -0.05) is 12.1 Å². The van der Waals surface area contributed by atoms with Crippen molar-refractivity contribution in [3.63, 3.8) is 0 Å². The Morgan fingerprint density at radius 1 is 1.08 bits per heavy atom. The first-order valence-corrected chi connectivity index (χ1v) is 10.3. The van der Waals surface area contributed by atoms with Crippen LogP contribution in [-0.2, 0) is 16.4 Å². The molecule has 1 amide bonds. The molecule has 0 N–H and O–H groups in total. The van der Waals surface area contributed by atoms with Crippen molar-refractivity contribution in [3.8, 4) is 0 Å². The molecule has 8 heteroatoms. The third-order valence-electron chi connectivity index (χ3n) is 4.42. The van der Waals surface area contributed by atoms with Gasteiger partial charge in [-0.25, -0.2) is 12.7 Å².